The molecule has 0 heterocycles. The van der Waals surface area contributed by atoms with Crippen LogP contribution in [0.5, 0.6) is 0 Å². The highest BCUT2D eigenvalue weighted by molar-refractivity contribution is 9.24. The van der Waals surface area contributed by atoms with Gasteiger partial charge in [0.15, 0.2) is 0 Å². The van der Waals surface area contributed by atoms with Crippen LogP contribution >= 0.6 is 31.9 Å². The topological polar surface area (TPSA) is 0 Å². The zero-order valence-electron chi connectivity index (χ0n) is 2.91. The summed E-state index contributed by atoms with van der Waals surface area (Å²) in [7, 11) is 0. The monoisotopic (exact) mass is 199 g/mol. The van der Waals surface area contributed by atoms with Crippen LogP contribution in [0.3, 0.4) is 0 Å². The molecule has 0 rings (SSSR count). The van der Waals surface area contributed by atoms with Crippen LogP contribution in [-0.2, 0) is 0 Å². The first-order valence-corrected chi connectivity index (χ1v) is 3.18. The van der Waals surface area contributed by atoms with Crippen LogP contribution in [0.1, 0.15) is 6.92 Å². The highest BCUT2D eigenvalue weighted by Gasteiger charge is 1.85. The minimum absolute atomic E-state index is 0.384. The third kappa shape index (κ3) is 4.96. The van der Waals surface area contributed by atoms with Crippen molar-refractivity contribution in [2.75, 3.05) is 0 Å². The molecule has 0 spiro atoms. The first-order valence-electron chi connectivity index (χ1n) is 1.35. The quantitative estimate of drug-likeness (QED) is 0.571. The van der Waals surface area contributed by atoms with Gasteiger partial charge in [-0.1, -0.05) is 38.8 Å². The SMILES string of the molecule is C[CH]C(Br)Br. The van der Waals surface area contributed by atoms with Crippen molar-refractivity contribution in [1.29, 1.82) is 0 Å². The summed E-state index contributed by atoms with van der Waals surface area (Å²) in [6, 6.07) is 0. The van der Waals surface area contributed by atoms with Crippen molar-refractivity contribution >= 4 is 31.9 Å². The van der Waals surface area contributed by atoms with Gasteiger partial charge < -0.3 is 0 Å². The Morgan fingerprint density at radius 3 is 1.80 bits per heavy atom. The Balaban J connectivity index is 2.54. The molecular formula is C3H5Br2. The van der Waals surface area contributed by atoms with E-state index in [4.69, 9.17) is 0 Å². The summed E-state index contributed by atoms with van der Waals surface area (Å²) < 4.78 is 0.384. The first-order chi connectivity index (χ1) is 2.27. The lowest BCUT2D eigenvalue weighted by Gasteiger charge is -1.84. The molecule has 0 aromatic heterocycles. The summed E-state index contributed by atoms with van der Waals surface area (Å²) >= 11 is 6.47. The van der Waals surface area contributed by atoms with E-state index >= 15 is 0 Å². The summed E-state index contributed by atoms with van der Waals surface area (Å²) in [4.78, 5) is 0. The van der Waals surface area contributed by atoms with Crippen molar-refractivity contribution in [3.8, 4) is 0 Å². The van der Waals surface area contributed by atoms with Gasteiger partial charge in [-0.3, -0.25) is 0 Å². The second kappa shape index (κ2) is 3.16. The van der Waals surface area contributed by atoms with E-state index in [9.17, 15) is 0 Å². The van der Waals surface area contributed by atoms with Crippen molar-refractivity contribution in [2.45, 2.75) is 10.7 Å². The molecule has 2 heteroatoms. The molecule has 0 fully saturated rings. The molecule has 0 aliphatic heterocycles. The Hall–Kier alpha value is 0.960. The molecule has 0 aliphatic rings. The summed E-state index contributed by atoms with van der Waals surface area (Å²) in [6.45, 7) is 1.98. The Labute approximate surface area is 49.2 Å². The molecule has 0 atom stereocenters. The average molecular weight is 201 g/mol. The van der Waals surface area contributed by atoms with E-state index in [0.717, 1.165) is 0 Å². The molecule has 5 heavy (non-hydrogen) atoms. The molecule has 0 aromatic rings. The molecule has 0 amide bonds. The first kappa shape index (κ1) is 5.96. The van der Waals surface area contributed by atoms with Crippen molar-refractivity contribution < 1.29 is 0 Å². The van der Waals surface area contributed by atoms with Crippen molar-refractivity contribution in [1.82, 2.24) is 0 Å². The van der Waals surface area contributed by atoms with Gasteiger partial charge in [0.25, 0.3) is 0 Å². The van der Waals surface area contributed by atoms with Crippen LogP contribution in [-0.4, -0.2) is 3.74 Å². The van der Waals surface area contributed by atoms with Gasteiger partial charge in [0.05, 0.1) is 3.74 Å². The van der Waals surface area contributed by atoms with Crippen LogP contribution in [0.2, 0.25) is 0 Å². The zero-order chi connectivity index (χ0) is 4.28. The average Bonchev–Trinajstić information content (AvgIpc) is 1.38. The maximum absolute atomic E-state index is 3.23. The molecule has 1 radical (unpaired) electrons. The normalized spacial score (nSPS) is 9.60. The van der Waals surface area contributed by atoms with Gasteiger partial charge in [-0.05, 0) is 6.42 Å². The van der Waals surface area contributed by atoms with E-state index in [0.29, 0.717) is 3.74 Å². The highest BCUT2D eigenvalue weighted by Crippen LogP contribution is 2.09. The maximum Gasteiger partial charge on any atom is 0.0726 e. The second-order valence-corrected chi connectivity index (χ2v) is 3.87. The van der Waals surface area contributed by atoms with E-state index in [2.05, 4.69) is 31.9 Å². The number of hydrogen-bond donors (Lipinski definition) is 0. The molecular weight excluding hydrogens is 196 g/mol. The Kier molecular flexibility index (Phi) is 3.77. The van der Waals surface area contributed by atoms with Gasteiger partial charge in [0.2, 0.25) is 0 Å². The Bertz CT molecular complexity index is 18.9. The van der Waals surface area contributed by atoms with E-state index in [1.807, 2.05) is 13.3 Å². The standard InChI is InChI=1S/C3H5Br2/c1-2-3(4)5/h2-3H,1H3. The summed E-state index contributed by atoms with van der Waals surface area (Å²) in [5.41, 5.74) is 0. The third-order valence-electron chi connectivity index (χ3n) is 0.252. The van der Waals surface area contributed by atoms with Crippen molar-refractivity contribution in [3.05, 3.63) is 6.42 Å². The van der Waals surface area contributed by atoms with Crippen LogP contribution in [0.4, 0.5) is 0 Å². The predicted molar refractivity (Wildman–Crippen MR) is 31.6 cm³/mol. The number of rotatable bonds is 1. The van der Waals surface area contributed by atoms with E-state index in [1.54, 1.807) is 0 Å². The fourth-order valence-electron chi connectivity index (χ4n) is 0. The molecule has 0 unspecified atom stereocenters. The van der Waals surface area contributed by atoms with Gasteiger partial charge in [-0.15, -0.1) is 0 Å². The van der Waals surface area contributed by atoms with E-state index in [-0.39, 0.29) is 0 Å². The zero-order valence-corrected chi connectivity index (χ0v) is 6.08. The summed E-state index contributed by atoms with van der Waals surface area (Å²) in [5, 5.41) is 0. The number of alkyl halides is 2. The molecule has 0 saturated carbocycles. The fraction of sp³-hybridized carbons (Fsp3) is 0.667. The van der Waals surface area contributed by atoms with Crippen LogP contribution in [0, 0.1) is 6.42 Å². The second-order valence-electron chi connectivity index (χ2n) is 0.668. The van der Waals surface area contributed by atoms with Crippen molar-refractivity contribution in [3.63, 3.8) is 0 Å². The van der Waals surface area contributed by atoms with E-state index in [1.165, 1.54) is 0 Å². The highest BCUT2D eigenvalue weighted by atomic mass is 79.9. The molecule has 31 valence electrons. The lowest BCUT2D eigenvalue weighted by Crippen LogP contribution is -1.75. The molecule has 0 saturated heterocycles. The molecule has 0 aromatic carbocycles. The maximum atomic E-state index is 3.23. The van der Waals surface area contributed by atoms with Gasteiger partial charge in [0, 0.05) is 0 Å². The number of hydrogen-bond acceptors (Lipinski definition) is 0. The van der Waals surface area contributed by atoms with Crippen molar-refractivity contribution in [2.24, 2.45) is 0 Å². The predicted octanol–water partition coefficient (Wildman–Crippen LogP) is 2.33. The third-order valence-corrected chi connectivity index (χ3v) is 1.31. The van der Waals surface area contributed by atoms with Gasteiger partial charge in [-0.2, -0.15) is 0 Å². The van der Waals surface area contributed by atoms with Crippen LogP contribution in [0.25, 0.3) is 0 Å². The van der Waals surface area contributed by atoms with Gasteiger partial charge in [0.1, 0.15) is 0 Å². The molecule has 0 bridgehead atoms. The van der Waals surface area contributed by atoms with Gasteiger partial charge >= 0.3 is 0 Å². The van der Waals surface area contributed by atoms with Gasteiger partial charge in [-0.25, -0.2) is 0 Å². The Morgan fingerprint density at radius 1 is 1.60 bits per heavy atom. The molecule has 0 N–H and O–H groups in total. The lowest BCUT2D eigenvalue weighted by atomic mass is 10.6. The lowest BCUT2D eigenvalue weighted by molar-refractivity contribution is 1.40. The molecule has 0 nitrogen and oxygen atoms in total. The fourth-order valence-corrected chi connectivity index (χ4v) is 0. The smallest absolute Gasteiger partial charge is 0.0726 e. The van der Waals surface area contributed by atoms with Crippen LogP contribution < -0.4 is 0 Å². The minimum atomic E-state index is 0.384. The number of halogens is 2. The molecule has 0 aliphatic carbocycles. The van der Waals surface area contributed by atoms with Crippen LogP contribution in [0.15, 0.2) is 0 Å². The largest absolute Gasteiger partial charge is 0.0762 e. The minimum Gasteiger partial charge on any atom is -0.0762 e. The summed E-state index contributed by atoms with van der Waals surface area (Å²) in [5.74, 6) is 0. The summed E-state index contributed by atoms with van der Waals surface area (Å²) in [6.07, 6.45) is 2.00. The van der Waals surface area contributed by atoms with E-state index < -0.39 is 0 Å². The Morgan fingerprint density at radius 2 is 1.80 bits per heavy atom.